The molecule has 0 bridgehead atoms. The molecule has 3 aromatic heterocycles. The summed E-state index contributed by atoms with van der Waals surface area (Å²) < 4.78 is 37.3. The Morgan fingerprint density at radius 3 is 2.55 bits per heavy atom. The van der Waals surface area contributed by atoms with Crippen LogP contribution in [0.3, 0.4) is 0 Å². The number of benzene rings is 1. The lowest BCUT2D eigenvalue weighted by Gasteiger charge is -2.11. The predicted octanol–water partition coefficient (Wildman–Crippen LogP) is 4.91. The maximum atomic E-state index is 12.8. The van der Waals surface area contributed by atoms with Crippen LogP contribution in [-0.4, -0.2) is 28.1 Å². The molecule has 0 aliphatic heterocycles. The lowest BCUT2D eigenvalue weighted by atomic mass is 10.1. The van der Waals surface area contributed by atoms with E-state index in [1.165, 1.54) is 0 Å². The van der Waals surface area contributed by atoms with Crippen LogP contribution in [0.25, 0.3) is 16.8 Å². The summed E-state index contributed by atoms with van der Waals surface area (Å²) in [6, 6.07) is 14.5. The fourth-order valence-electron chi connectivity index (χ4n) is 3.31. The van der Waals surface area contributed by atoms with Gasteiger partial charge < -0.3 is 13.9 Å². The minimum atomic E-state index is -2.87. The average Bonchev–Trinajstić information content (AvgIpc) is 3.03. The van der Waals surface area contributed by atoms with Crippen molar-refractivity contribution < 1.29 is 18.3 Å². The standard InChI is InChI=1S/C22H19F2N3O2/c1-14-18(11-15-5-3-4-6-19(15)29-22(23)24)27-13-17(7-9-20(27)26-14)16-8-10-21(28-2)25-12-16/h3-10,12-13,22H,11H2,1-2H3. The molecule has 0 spiro atoms. The second kappa shape index (κ2) is 7.87. The maximum absolute atomic E-state index is 12.8. The quantitative estimate of drug-likeness (QED) is 0.466. The van der Waals surface area contributed by atoms with Crippen LogP contribution < -0.4 is 9.47 Å². The van der Waals surface area contributed by atoms with E-state index in [0.717, 1.165) is 28.2 Å². The van der Waals surface area contributed by atoms with E-state index in [9.17, 15) is 8.78 Å². The van der Waals surface area contributed by atoms with Gasteiger partial charge in [-0.1, -0.05) is 18.2 Å². The minimum Gasteiger partial charge on any atom is -0.481 e. The molecule has 7 heteroatoms. The molecule has 0 N–H and O–H groups in total. The summed E-state index contributed by atoms with van der Waals surface area (Å²) in [5, 5.41) is 0. The van der Waals surface area contributed by atoms with E-state index in [1.54, 1.807) is 43.6 Å². The van der Waals surface area contributed by atoms with Crippen molar-refractivity contribution in [3.05, 3.63) is 77.9 Å². The minimum absolute atomic E-state index is 0.173. The Bertz CT molecular complexity index is 1140. The molecule has 0 radical (unpaired) electrons. The molecule has 0 fully saturated rings. The number of alkyl halides is 2. The number of aryl methyl sites for hydroxylation is 1. The number of ether oxygens (including phenoxy) is 2. The molecular formula is C22H19F2N3O2. The molecule has 4 aromatic rings. The zero-order valence-corrected chi connectivity index (χ0v) is 16.0. The molecule has 0 amide bonds. The van der Waals surface area contributed by atoms with Crippen molar-refractivity contribution in [1.82, 2.24) is 14.4 Å². The topological polar surface area (TPSA) is 48.7 Å². The van der Waals surface area contributed by atoms with Crippen molar-refractivity contribution in [2.24, 2.45) is 0 Å². The summed E-state index contributed by atoms with van der Waals surface area (Å²) in [6.45, 7) is -0.957. The van der Waals surface area contributed by atoms with E-state index in [1.807, 2.05) is 35.7 Å². The van der Waals surface area contributed by atoms with Crippen LogP contribution in [0.5, 0.6) is 11.6 Å². The highest BCUT2D eigenvalue weighted by Gasteiger charge is 2.15. The number of halogens is 2. The van der Waals surface area contributed by atoms with E-state index in [0.29, 0.717) is 17.9 Å². The molecule has 0 aliphatic carbocycles. The Balaban J connectivity index is 1.74. The van der Waals surface area contributed by atoms with Crippen molar-refractivity contribution >= 4 is 5.65 Å². The molecule has 0 saturated carbocycles. The van der Waals surface area contributed by atoms with Gasteiger partial charge in [-0.25, -0.2) is 9.97 Å². The van der Waals surface area contributed by atoms with Crippen molar-refractivity contribution in [2.45, 2.75) is 20.0 Å². The Hall–Kier alpha value is -3.48. The summed E-state index contributed by atoms with van der Waals surface area (Å²) in [7, 11) is 1.57. The van der Waals surface area contributed by atoms with E-state index in [-0.39, 0.29) is 5.75 Å². The van der Waals surface area contributed by atoms with Crippen LogP contribution in [0, 0.1) is 6.92 Å². The van der Waals surface area contributed by atoms with Gasteiger partial charge in [-0.05, 0) is 31.2 Å². The van der Waals surface area contributed by atoms with Gasteiger partial charge in [-0.3, -0.25) is 0 Å². The summed E-state index contributed by atoms with van der Waals surface area (Å²) in [5.74, 6) is 0.719. The molecule has 3 heterocycles. The third-order valence-electron chi connectivity index (χ3n) is 4.74. The van der Waals surface area contributed by atoms with Gasteiger partial charge in [0.15, 0.2) is 0 Å². The van der Waals surface area contributed by atoms with Gasteiger partial charge in [-0.15, -0.1) is 0 Å². The number of methoxy groups -OCH3 is 1. The predicted molar refractivity (Wildman–Crippen MR) is 106 cm³/mol. The summed E-state index contributed by atoms with van der Waals surface area (Å²) in [6.07, 6.45) is 4.14. The van der Waals surface area contributed by atoms with Gasteiger partial charge in [0, 0.05) is 47.3 Å². The first-order valence-corrected chi connectivity index (χ1v) is 9.06. The number of hydrogen-bond acceptors (Lipinski definition) is 4. The number of imidazole rings is 1. The smallest absolute Gasteiger partial charge is 0.387 e. The number of hydrogen-bond donors (Lipinski definition) is 0. The average molecular weight is 395 g/mol. The summed E-state index contributed by atoms with van der Waals surface area (Å²) in [4.78, 5) is 8.85. The summed E-state index contributed by atoms with van der Waals surface area (Å²) >= 11 is 0. The number of para-hydroxylation sites is 1. The fourth-order valence-corrected chi connectivity index (χ4v) is 3.31. The van der Waals surface area contributed by atoms with Gasteiger partial charge in [0.25, 0.3) is 0 Å². The highest BCUT2D eigenvalue weighted by atomic mass is 19.3. The van der Waals surface area contributed by atoms with E-state index < -0.39 is 6.61 Å². The third kappa shape index (κ3) is 3.89. The largest absolute Gasteiger partial charge is 0.481 e. The third-order valence-corrected chi connectivity index (χ3v) is 4.74. The number of nitrogens with zero attached hydrogens (tertiary/aromatic N) is 3. The van der Waals surface area contributed by atoms with Gasteiger partial charge in [0.05, 0.1) is 12.8 Å². The molecule has 4 rings (SSSR count). The van der Waals surface area contributed by atoms with Gasteiger partial charge in [0.2, 0.25) is 5.88 Å². The van der Waals surface area contributed by atoms with Gasteiger partial charge in [0.1, 0.15) is 11.4 Å². The maximum Gasteiger partial charge on any atom is 0.387 e. The molecule has 0 atom stereocenters. The van der Waals surface area contributed by atoms with E-state index >= 15 is 0 Å². The number of rotatable bonds is 6. The molecule has 5 nitrogen and oxygen atoms in total. The lowest BCUT2D eigenvalue weighted by Crippen LogP contribution is -2.05. The molecule has 0 unspecified atom stereocenters. The van der Waals surface area contributed by atoms with Gasteiger partial charge >= 0.3 is 6.61 Å². The molecule has 0 aliphatic rings. The highest BCUT2D eigenvalue weighted by Crippen LogP contribution is 2.27. The molecular weight excluding hydrogens is 376 g/mol. The van der Waals surface area contributed by atoms with Crippen molar-refractivity contribution in [2.75, 3.05) is 7.11 Å². The van der Waals surface area contributed by atoms with Crippen LogP contribution in [0.15, 0.2) is 60.9 Å². The zero-order chi connectivity index (χ0) is 20.4. The first kappa shape index (κ1) is 18.9. The Morgan fingerprint density at radius 2 is 1.83 bits per heavy atom. The van der Waals surface area contributed by atoms with Crippen molar-refractivity contribution in [3.8, 4) is 22.8 Å². The summed E-state index contributed by atoms with van der Waals surface area (Å²) in [5.41, 5.74) is 5.11. The highest BCUT2D eigenvalue weighted by molar-refractivity contribution is 5.64. The Kier molecular flexibility index (Phi) is 5.12. The van der Waals surface area contributed by atoms with E-state index in [4.69, 9.17) is 4.74 Å². The van der Waals surface area contributed by atoms with Crippen LogP contribution >= 0.6 is 0 Å². The van der Waals surface area contributed by atoms with Crippen molar-refractivity contribution in [1.29, 1.82) is 0 Å². The number of pyridine rings is 2. The SMILES string of the molecule is COc1ccc(-c2ccc3nc(C)c(Cc4ccccc4OC(F)F)n3c2)cn1. The second-order valence-corrected chi connectivity index (χ2v) is 6.54. The molecule has 29 heavy (non-hydrogen) atoms. The molecule has 1 aromatic carbocycles. The van der Waals surface area contributed by atoms with Crippen molar-refractivity contribution in [3.63, 3.8) is 0 Å². The normalized spacial score (nSPS) is 11.2. The van der Waals surface area contributed by atoms with Crippen LogP contribution in [0.1, 0.15) is 17.0 Å². The molecule has 148 valence electrons. The first-order chi connectivity index (χ1) is 14.0. The zero-order valence-electron chi connectivity index (χ0n) is 16.0. The van der Waals surface area contributed by atoms with E-state index in [2.05, 4.69) is 14.7 Å². The second-order valence-electron chi connectivity index (χ2n) is 6.54. The molecule has 0 saturated heterocycles. The van der Waals surface area contributed by atoms with Gasteiger partial charge in [-0.2, -0.15) is 8.78 Å². The lowest BCUT2D eigenvalue weighted by molar-refractivity contribution is -0.0503. The Morgan fingerprint density at radius 1 is 1.03 bits per heavy atom. The first-order valence-electron chi connectivity index (χ1n) is 9.06. The fraction of sp³-hybridized carbons (Fsp3) is 0.182. The number of aromatic nitrogens is 3. The van der Waals surface area contributed by atoms with Crippen LogP contribution in [-0.2, 0) is 6.42 Å². The van der Waals surface area contributed by atoms with Crippen LogP contribution in [0.4, 0.5) is 8.78 Å². The monoisotopic (exact) mass is 395 g/mol. The van der Waals surface area contributed by atoms with Crippen LogP contribution in [0.2, 0.25) is 0 Å². The Labute approximate surface area is 166 Å². The number of fused-ring (bicyclic) bond motifs is 1.